The third-order valence-corrected chi connectivity index (χ3v) is 4.03. The zero-order valence-corrected chi connectivity index (χ0v) is 13.6. The Kier molecular flexibility index (Phi) is 12.7. The van der Waals surface area contributed by atoms with E-state index in [1.807, 2.05) is 0 Å². The molecule has 2 nitrogen and oxygen atoms in total. The van der Waals surface area contributed by atoms with E-state index >= 15 is 0 Å². The van der Waals surface area contributed by atoms with E-state index in [4.69, 9.17) is 5.11 Å². The minimum atomic E-state index is -0.846. The molecule has 0 aromatic carbocycles. The van der Waals surface area contributed by atoms with E-state index in [0.29, 0.717) is 12.0 Å². The van der Waals surface area contributed by atoms with Crippen LogP contribution in [0.3, 0.4) is 0 Å². The Morgan fingerprint density at radius 1 is 0.950 bits per heavy atom. The van der Waals surface area contributed by atoms with Crippen LogP contribution in [-0.2, 0) is 4.79 Å². The molecule has 1 atom stereocenters. The molecule has 0 spiro atoms. The fourth-order valence-electron chi connectivity index (χ4n) is 2.53. The van der Waals surface area contributed by atoms with Crippen LogP contribution < -0.4 is 0 Å². The molecule has 0 fully saturated rings. The monoisotopic (exact) mass is 282 g/mol. The van der Waals surface area contributed by atoms with Crippen LogP contribution in [0.25, 0.3) is 0 Å². The Labute approximate surface area is 125 Å². The molecule has 0 aromatic heterocycles. The molecule has 20 heavy (non-hydrogen) atoms. The summed E-state index contributed by atoms with van der Waals surface area (Å²) in [7, 11) is 0. The first kappa shape index (κ1) is 19.2. The lowest BCUT2D eigenvalue weighted by Crippen LogP contribution is -1.99. The van der Waals surface area contributed by atoms with Crippen molar-refractivity contribution < 1.29 is 9.90 Å². The SMILES string of the molecule is C=C(CCCCCC(C)CCCCCCCC)C(=O)O. The van der Waals surface area contributed by atoms with Crippen molar-refractivity contribution in [1.82, 2.24) is 0 Å². The van der Waals surface area contributed by atoms with E-state index in [1.54, 1.807) is 0 Å². The van der Waals surface area contributed by atoms with E-state index in [9.17, 15) is 4.79 Å². The number of rotatable bonds is 14. The van der Waals surface area contributed by atoms with Crippen LogP contribution in [0, 0.1) is 5.92 Å². The highest BCUT2D eigenvalue weighted by Crippen LogP contribution is 2.18. The van der Waals surface area contributed by atoms with Gasteiger partial charge in [0.25, 0.3) is 0 Å². The number of hydrogen-bond acceptors (Lipinski definition) is 1. The number of aliphatic carboxylic acids is 1. The third kappa shape index (κ3) is 12.3. The molecule has 0 heterocycles. The summed E-state index contributed by atoms with van der Waals surface area (Å²) in [6.45, 7) is 8.17. The van der Waals surface area contributed by atoms with Gasteiger partial charge < -0.3 is 5.11 Å². The highest BCUT2D eigenvalue weighted by Gasteiger charge is 2.04. The highest BCUT2D eigenvalue weighted by molar-refractivity contribution is 5.85. The van der Waals surface area contributed by atoms with Gasteiger partial charge in [-0.2, -0.15) is 0 Å². The minimum Gasteiger partial charge on any atom is -0.478 e. The molecular formula is C18H34O2. The molecule has 0 radical (unpaired) electrons. The second-order valence-corrected chi connectivity index (χ2v) is 6.17. The largest absolute Gasteiger partial charge is 0.478 e. The number of carboxylic acids is 1. The van der Waals surface area contributed by atoms with Crippen molar-refractivity contribution in [3.8, 4) is 0 Å². The lowest BCUT2D eigenvalue weighted by Gasteiger charge is -2.11. The normalized spacial score (nSPS) is 12.3. The maximum atomic E-state index is 10.6. The number of unbranched alkanes of at least 4 members (excludes halogenated alkanes) is 7. The van der Waals surface area contributed by atoms with E-state index < -0.39 is 5.97 Å². The minimum absolute atomic E-state index is 0.352. The predicted molar refractivity (Wildman–Crippen MR) is 87.0 cm³/mol. The van der Waals surface area contributed by atoms with Crippen molar-refractivity contribution in [1.29, 1.82) is 0 Å². The van der Waals surface area contributed by atoms with Crippen molar-refractivity contribution in [2.75, 3.05) is 0 Å². The first-order valence-corrected chi connectivity index (χ1v) is 8.49. The van der Waals surface area contributed by atoms with E-state index in [1.165, 1.54) is 57.8 Å². The Morgan fingerprint density at radius 2 is 1.45 bits per heavy atom. The zero-order chi connectivity index (χ0) is 15.2. The molecule has 1 N–H and O–H groups in total. The van der Waals surface area contributed by atoms with Gasteiger partial charge in [-0.15, -0.1) is 0 Å². The average molecular weight is 282 g/mol. The van der Waals surface area contributed by atoms with Crippen LogP contribution in [0.4, 0.5) is 0 Å². The molecule has 0 amide bonds. The van der Waals surface area contributed by atoms with Gasteiger partial charge in [0, 0.05) is 5.57 Å². The third-order valence-electron chi connectivity index (χ3n) is 4.03. The Hall–Kier alpha value is -0.790. The summed E-state index contributed by atoms with van der Waals surface area (Å²) >= 11 is 0. The van der Waals surface area contributed by atoms with E-state index in [0.717, 1.165) is 18.8 Å². The molecule has 0 aliphatic rings. The fourth-order valence-corrected chi connectivity index (χ4v) is 2.53. The predicted octanol–water partition coefficient (Wildman–Crippen LogP) is 5.96. The maximum Gasteiger partial charge on any atom is 0.330 e. The van der Waals surface area contributed by atoms with Crippen LogP contribution in [0.2, 0.25) is 0 Å². The zero-order valence-electron chi connectivity index (χ0n) is 13.6. The summed E-state index contributed by atoms with van der Waals surface area (Å²) in [5, 5.41) is 8.70. The average Bonchev–Trinajstić information content (AvgIpc) is 2.41. The van der Waals surface area contributed by atoms with Gasteiger partial charge in [0.2, 0.25) is 0 Å². The maximum absolute atomic E-state index is 10.6. The summed E-state index contributed by atoms with van der Waals surface area (Å²) in [6, 6.07) is 0. The Balaban J connectivity index is 3.30. The van der Waals surface area contributed by atoms with Crippen LogP contribution in [0.15, 0.2) is 12.2 Å². The fraction of sp³-hybridized carbons (Fsp3) is 0.833. The van der Waals surface area contributed by atoms with Crippen LogP contribution in [-0.4, -0.2) is 11.1 Å². The van der Waals surface area contributed by atoms with Crippen molar-refractivity contribution >= 4 is 5.97 Å². The first-order valence-electron chi connectivity index (χ1n) is 8.49. The van der Waals surface area contributed by atoms with Gasteiger partial charge in [-0.25, -0.2) is 4.79 Å². The summed E-state index contributed by atoms with van der Waals surface area (Å²) in [6.07, 6.45) is 14.9. The van der Waals surface area contributed by atoms with Gasteiger partial charge in [0.1, 0.15) is 0 Å². The summed E-state index contributed by atoms with van der Waals surface area (Å²) in [5.41, 5.74) is 0.352. The highest BCUT2D eigenvalue weighted by atomic mass is 16.4. The number of carboxylic acid groups (broad SMARTS) is 1. The van der Waals surface area contributed by atoms with E-state index in [-0.39, 0.29) is 0 Å². The standard InChI is InChI=1S/C18H34O2/c1-4-5-6-7-8-10-13-16(2)14-11-9-12-15-17(3)18(19)20/h16H,3-15H2,1-2H3,(H,19,20). The molecule has 0 rings (SSSR count). The second kappa shape index (κ2) is 13.2. The van der Waals surface area contributed by atoms with Gasteiger partial charge in [-0.3, -0.25) is 0 Å². The van der Waals surface area contributed by atoms with Crippen molar-refractivity contribution in [2.24, 2.45) is 5.92 Å². The number of hydrogen-bond donors (Lipinski definition) is 1. The van der Waals surface area contributed by atoms with E-state index in [2.05, 4.69) is 20.4 Å². The molecule has 0 saturated carbocycles. The molecule has 0 aromatic rings. The lowest BCUT2D eigenvalue weighted by atomic mass is 9.96. The summed E-state index contributed by atoms with van der Waals surface area (Å²) in [4.78, 5) is 10.6. The molecule has 2 heteroatoms. The van der Waals surface area contributed by atoms with Gasteiger partial charge >= 0.3 is 5.97 Å². The molecule has 1 unspecified atom stereocenters. The van der Waals surface area contributed by atoms with Gasteiger partial charge in [0.05, 0.1) is 0 Å². The smallest absolute Gasteiger partial charge is 0.330 e. The molecule has 0 saturated heterocycles. The second-order valence-electron chi connectivity index (χ2n) is 6.17. The quantitative estimate of drug-likeness (QED) is 0.315. The summed E-state index contributed by atoms with van der Waals surface area (Å²) < 4.78 is 0. The molecule has 0 aliphatic heterocycles. The topological polar surface area (TPSA) is 37.3 Å². The van der Waals surface area contributed by atoms with Crippen molar-refractivity contribution in [3.63, 3.8) is 0 Å². The van der Waals surface area contributed by atoms with Gasteiger partial charge in [-0.05, 0) is 18.8 Å². The van der Waals surface area contributed by atoms with Crippen LogP contribution in [0.1, 0.15) is 90.9 Å². The Bertz CT molecular complexity index is 258. The Morgan fingerprint density at radius 3 is 2.00 bits per heavy atom. The van der Waals surface area contributed by atoms with Crippen molar-refractivity contribution in [3.05, 3.63) is 12.2 Å². The summed E-state index contributed by atoms with van der Waals surface area (Å²) in [5.74, 6) is -0.0229. The molecular weight excluding hydrogens is 248 g/mol. The van der Waals surface area contributed by atoms with Gasteiger partial charge in [0.15, 0.2) is 0 Å². The first-order chi connectivity index (χ1) is 9.57. The van der Waals surface area contributed by atoms with Crippen molar-refractivity contribution in [2.45, 2.75) is 90.9 Å². The number of carbonyl (C=O) groups is 1. The molecule has 0 bridgehead atoms. The van der Waals surface area contributed by atoms with Gasteiger partial charge in [-0.1, -0.05) is 84.6 Å². The molecule has 118 valence electrons. The molecule has 0 aliphatic carbocycles. The lowest BCUT2D eigenvalue weighted by molar-refractivity contribution is -0.132. The van der Waals surface area contributed by atoms with Crippen LogP contribution in [0.5, 0.6) is 0 Å². The van der Waals surface area contributed by atoms with Crippen LogP contribution >= 0.6 is 0 Å².